The molecule has 0 bridgehead atoms. The Balaban J connectivity index is 0.000000444. The van der Waals surface area contributed by atoms with E-state index >= 15 is 0 Å². The second kappa shape index (κ2) is 24.5. The highest BCUT2D eigenvalue weighted by atomic mass is 16.6. The Kier molecular flexibility index (Phi) is 22.2. The van der Waals surface area contributed by atoms with Crippen LogP contribution in [0.1, 0.15) is 25.7 Å². The number of hydrogen-bond acceptors (Lipinski definition) is 14. The number of rotatable bonds is 23. The minimum Gasteiger partial charge on any atom is -0.463 e. The van der Waals surface area contributed by atoms with E-state index in [4.69, 9.17) is 38.3 Å². The van der Waals surface area contributed by atoms with Crippen molar-refractivity contribution in [1.82, 2.24) is 0 Å². The molecule has 244 valence electrons. The van der Waals surface area contributed by atoms with Crippen molar-refractivity contribution < 1.29 is 67.9 Å². The van der Waals surface area contributed by atoms with E-state index in [1.54, 1.807) is 12.2 Å². The molecule has 42 heavy (non-hydrogen) atoms. The molecule has 3 heterocycles. The first kappa shape index (κ1) is 38.0. The molecule has 6 unspecified atom stereocenters. The fourth-order valence-corrected chi connectivity index (χ4v) is 2.63. The van der Waals surface area contributed by atoms with E-state index in [9.17, 15) is 24.9 Å². The minimum atomic E-state index is -0.973. The third-order valence-corrected chi connectivity index (χ3v) is 5.34. The first-order valence-corrected chi connectivity index (χ1v) is 14.0. The van der Waals surface area contributed by atoms with Gasteiger partial charge in [0.1, 0.15) is 49.8 Å². The fraction of sp³-hybridized carbons (Fsp3) is 0.786. The Morgan fingerprint density at radius 2 is 1.26 bits per heavy atom. The zero-order valence-corrected chi connectivity index (χ0v) is 24.2. The van der Waals surface area contributed by atoms with E-state index < -0.39 is 24.3 Å². The summed E-state index contributed by atoms with van der Waals surface area (Å²) < 4.78 is 40.0. The average Bonchev–Trinajstić information content (AvgIpc) is 3.84. The molecule has 6 atom stereocenters. The highest BCUT2D eigenvalue weighted by Gasteiger charge is 2.24. The Morgan fingerprint density at radius 1 is 0.738 bits per heavy atom. The summed E-state index contributed by atoms with van der Waals surface area (Å²) in [6.07, 6.45) is 3.23. The van der Waals surface area contributed by atoms with Gasteiger partial charge in [-0.3, -0.25) is 9.59 Å². The van der Waals surface area contributed by atoms with E-state index in [1.165, 1.54) is 0 Å². The second-order valence-corrected chi connectivity index (χ2v) is 9.59. The van der Waals surface area contributed by atoms with Gasteiger partial charge >= 0.3 is 11.9 Å². The number of epoxide rings is 3. The molecule has 0 aromatic heterocycles. The summed E-state index contributed by atoms with van der Waals surface area (Å²) in [6.45, 7) is 9.89. The van der Waals surface area contributed by atoms with Gasteiger partial charge in [0.15, 0.2) is 0 Å². The molecule has 3 rings (SSSR count). The van der Waals surface area contributed by atoms with Crippen LogP contribution in [-0.2, 0) is 47.5 Å². The number of aliphatic hydroxyl groups is 4. The molecular weight excluding hydrogens is 560 g/mol. The Bertz CT molecular complexity index is 723. The van der Waals surface area contributed by atoms with Crippen molar-refractivity contribution in [1.29, 1.82) is 0 Å². The van der Waals surface area contributed by atoms with Crippen LogP contribution in [-0.4, -0.2) is 148 Å². The summed E-state index contributed by atoms with van der Waals surface area (Å²) in [4.78, 5) is 22.1. The lowest BCUT2D eigenvalue weighted by Gasteiger charge is -2.19. The lowest BCUT2D eigenvalue weighted by molar-refractivity contribution is -0.148. The van der Waals surface area contributed by atoms with E-state index in [0.717, 1.165) is 13.2 Å². The molecule has 14 nitrogen and oxygen atoms in total. The van der Waals surface area contributed by atoms with Crippen molar-refractivity contribution in [3.05, 3.63) is 25.3 Å². The van der Waals surface area contributed by atoms with Gasteiger partial charge in [-0.1, -0.05) is 12.2 Å². The van der Waals surface area contributed by atoms with Crippen LogP contribution in [0.3, 0.4) is 0 Å². The lowest BCUT2D eigenvalue weighted by Crippen LogP contribution is -2.32. The maximum atomic E-state index is 11.3. The Labute approximate surface area is 247 Å². The maximum Gasteiger partial charge on any atom is 0.306 e. The highest BCUT2D eigenvalue weighted by Crippen LogP contribution is 2.10. The van der Waals surface area contributed by atoms with Gasteiger partial charge in [0.05, 0.1) is 66.1 Å². The molecule has 0 amide bonds. The van der Waals surface area contributed by atoms with Crippen LogP contribution in [0.5, 0.6) is 0 Å². The quantitative estimate of drug-likeness (QED) is 0.0645. The van der Waals surface area contributed by atoms with Crippen LogP contribution < -0.4 is 0 Å². The number of esters is 2. The number of hydrogen-bond donors (Lipinski definition) is 4. The van der Waals surface area contributed by atoms with Gasteiger partial charge in [-0.25, -0.2) is 0 Å². The predicted molar refractivity (Wildman–Crippen MR) is 148 cm³/mol. The van der Waals surface area contributed by atoms with Gasteiger partial charge in [0.2, 0.25) is 0 Å². The predicted octanol–water partition coefficient (Wildman–Crippen LogP) is -0.701. The lowest BCUT2D eigenvalue weighted by atomic mass is 10.3. The highest BCUT2D eigenvalue weighted by molar-refractivity contribution is 5.69. The minimum absolute atomic E-state index is 0.0405. The molecule has 3 aliphatic heterocycles. The average molecular weight is 609 g/mol. The Hall–Kier alpha value is -1.98. The number of ether oxygens (including phenoxy) is 8. The molecule has 4 N–H and O–H groups in total. The summed E-state index contributed by atoms with van der Waals surface area (Å²) in [5.74, 6) is -0.580. The summed E-state index contributed by atoms with van der Waals surface area (Å²) in [6, 6.07) is 0. The third-order valence-electron chi connectivity index (χ3n) is 5.34. The van der Waals surface area contributed by atoms with Crippen LogP contribution in [0.4, 0.5) is 0 Å². The first-order valence-electron chi connectivity index (χ1n) is 14.0. The molecule has 14 heteroatoms. The van der Waals surface area contributed by atoms with E-state index in [0.29, 0.717) is 39.1 Å². The van der Waals surface area contributed by atoms with E-state index in [2.05, 4.69) is 17.9 Å². The van der Waals surface area contributed by atoms with Gasteiger partial charge in [0, 0.05) is 12.8 Å². The first-order chi connectivity index (χ1) is 20.3. The molecule has 0 radical (unpaired) electrons. The largest absolute Gasteiger partial charge is 0.463 e. The number of carbonyl (C=O) groups is 2. The molecule has 3 fully saturated rings. The normalized spacial score (nSPS) is 21.7. The molecular formula is C28H48O14. The topological polar surface area (TPSA) is 199 Å². The van der Waals surface area contributed by atoms with Crippen molar-refractivity contribution >= 4 is 11.9 Å². The van der Waals surface area contributed by atoms with Crippen molar-refractivity contribution in [3.63, 3.8) is 0 Å². The SMILES string of the molecule is C=CCCC(=O)OCC(O)COCC(O)COC(CO)COCC1CO1.C=CCCC(=O)OCC1CO1.OCC1CO1. The number of allylic oxidation sites excluding steroid dienone is 2. The van der Waals surface area contributed by atoms with Crippen LogP contribution in [0.15, 0.2) is 25.3 Å². The van der Waals surface area contributed by atoms with Crippen LogP contribution in [0.2, 0.25) is 0 Å². The third kappa shape index (κ3) is 24.6. The van der Waals surface area contributed by atoms with Gasteiger partial charge in [-0.2, -0.15) is 0 Å². The van der Waals surface area contributed by atoms with Gasteiger partial charge in [-0.05, 0) is 12.8 Å². The van der Waals surface area contributed by atoms with Crippen LogP contribution in [0.25, 0.3) is 0 Å². The molecule has 3 saturated heterocycles. The monoisotopic (exact) mass is 608 g/mol. The van der Waals surface area contributed by atoms with Crippen LogP contribution in [0, 0.1) is 0 Å². The smallest absolute Gasteiger partial charge is 0.306 e. The number of aliphatic hydroxyl groups excluding tert-OH is 4. The maximum absolute atomic E-state index is 11.3. The van der Waals surface area contributed by atoms with Gasteiger partial charge < -0.3 is 58.3 Å². The number of carbonyl (C=O) groups excluding carboxylic acids is 2. The van der Waals surface area contributed by atoms with E-state index in [1.807, 2.05) is 0 Å². The summed E-state index contributed by atoms with van der Waals surface area (Å²) >= 11 is 0. The molecule has 0 aliphatic carbocycles. The molecule has 3 aliphatic rings. The Morgan fingerprint density at radius 3 is 1.74 bits per heavy atom. The summed E-state index contributed by atoms with van der Waals surface area (Å²) in [7, 11) is 0. The van der Waals surface area contributed by atoms with Crippen molar-refractivity contribution in [2.24, 2.45) is 0 Å². The second-order valence-electron chi connectivity index (χ2n) is 9.59. The van der Waals surface area contributed by atoms with Gasteiger partial charge in [0.25, 0.3) is 0 Å². The zero-order chi connectivity index (χ0) is 31.0. The van der Waals surface area contributed by atoms with Crippen molar-refractivity contribution in [3.8, 4) is 0 Å². The van der Waals surface area contributed by atoms with Crippen LogP contribution >= 0.6 is 0 Å². The summed E-state index contributed by atoms with van der Waals surface area (Å²) in [5.41, 5.74) is 0. The van der Waals surface area contributed by atoms with Crippen molar-refractivity contribution in [2.75, 3.05) is 79.3 Å². The molecule has 0 aromatic rings. The van der Waals surface area contributed by atoms with Gasteiger partial charge in [-0.15, -0.1) is 13.2 Å². The molecule has 0 saturated carbocycles. The molecule has 0 aromatic carbocycles. The van der Waals surface area contributed by atoms with E-state index in [-0.39, 0.29) is 77.0 Å². The summed E-state index contributed by atoms with van der Waals surface area (Å²) in [5, 5.41) is 36.7. The standard InChI is InChI=1S/C17H30O9.C8H12O3.C3H6O2/c1-2-3-4-17(21)26-9-14(20)7-22-6-13(19)8-24-15(5-18)10-23-11-16-12-25-16;1-2-3-4-8(9)11-6-7-5-10-7;4-1-3-2-5-3/h2,13-16,18-20H,1,3-12H2;2,7H,1,3-6H2;3-4H,1-2H2. The molecule has 0 spiro atoms. The zero-order valence-electron chi connectivity index (χ0n) is 24.2. The van der Waals surface area contributed by atoms with Crippen molar-refractivity contribution in [2.45, 2.75) is 62.3 Å². The fourth-order valence-electron chi connectivity index (χ4n) is 2.63.